The fourth-order valence-corrected chi connectivity index (χ4v) is 2.27. The predicted octanol–water partition coefficient (Wildman–Crippen LogP) is 4.71. The van der Waals surface area contributed by atoms with Gasteiger partial charge in [0.25, 0.3) is 11.6 Å². The van der Waals surface area contributed by atoms with Gasteiger partial charge in [-0.1, -0.05) is 11.6 Å². The van der Waals surface area contributed by atoms with Crippen molar-refractivity contribution < 1.29 is 27.6 Å². The molecule has 1 amide bonds. The maximum atomic E-state index is 12.2. The Morgan fingerprint density at radius 2 is 1.84 bits per heavy atom. The number of benzene rings is 2. The highest BCUT2D eigenvalue weighted by molar-refractivity contribution is 6.34. The number of carbonyl (C=O) groups is 1. The minimum absolute atomic E-state index is 0.0117. The summed E-state index contributed by atoms with van der Waals surface area (Å²) in [6, 6.07) is 6.73. The molecule has 0 saturated heterocycles. The second-order valence-electron chi connectivity index (χ2n) is 4.90. The van der Waals surface area contributed by atoms with Crippen LogP contribution in [-0.4, -0.2) is 17.2 Å². The Morgan fingerprint density at radius 1 is 1.24 bits per heavy atom. The number of anilines is 1. The average molecular weight is 375 g/mol. The molecule has 2 aromatic carbocycles. The quantitative estimate of drug-likeness (QED) is 0.620. The van der Waals surface area contributed by atoms with Crippen molar-refractivity contribution in [2.75, 3.05) is 5.32 Å². The second kappa shape index (κ2) is 6.98. The number of alkyl halides is 3. The fourth-order valence-electron chi connectivity index (χ4n) is 1.97. The van der Waals surface area contributed by atoms with Crippen molar-refractivity contribution in [3.8, 4) is 5.75 Å². The van der Waals surface area contributed by atoms with E-state index >= 15 is 0 Å². The van der Waals surface area contributed by atoms with Crippen LogP contribution in [0.1, 0.15) is 15.9 Å². The lowest BCUT2D eigenvalue weighted by Gasteiger charge is -2.10. The van der Waals surface area contributed by atoms with Crippen LogP contribution in [-0.2, 0) is 0 Å². The molecule has 0 radical (unpaired) electrons. The summed E-state index contributed by atoms with van der Waals surface area (Å²) in [7, 11) is 0. The van der Waals surface area contributed by atoms with E-state index in [-0.39, 0.29) is 22.0 Å². The minimum atomic E-state index is -4.82. The van der Waals surface area contributed by atoms with Gasteiger partial charge in [-0.25, -0.2) is 0 Å². The Morgan fingerprint density at radius 3 is 2.36 bits per heavy atom. The number of nitrogens with zero attached hydrogens (tertiary/aromatic N) is 1. The van der Waals surface area contributed by atoms with E-state index in [0.29, 0.717) is 5.56 Å². The molecule has 0 saturated carbocycles. The Balaban J connectivity index is 2.20. The third-order valence-corrected chi connectivity index (χ3v) is 3.39. The minimum Gasteiger partial charge on any atom is -0.406 e. The van der Waals surface area contributed by atoms with Crippen molar-refractivity contribution in [2.45, 2.75) is 13.3 Å². The molecule has 25 heavy (non-hydrogen) atoms. The average Bonchev–Trinajstić information content (AvgIpc) is 2.47. The number of nitro groups is 1. The maximum absolute atomic E-state index is 12.2. The van der Waals surface area contributed by atoms with E-state index in [0.717, 1.165) is 18.2 Å². The van der Waals surface area contributed by atoms with Gasteiger partial charge in [-0.3, -0.25) is 14.9 Å². The van der Waals surface area contributed by atoms with Crippen molar-refractivity contribution in [3.63, 3.8) is 0 Å². The standard InChI is InChI=1S/C15H10ClF3N2O4/c1-8-6-12(16)11(7-13(8)21(23)24)14(22)20-9-2-4-10(5-3-9)25-15(17,18)19/h2-7H,1H3,(H,20,22). The van der Waals surface area contributed by atoms with Crippen molar-refractivity contribution in [2.24, 2.45) is 0 Å². The van der Waals surface area contributed by atoms with Gasteiger partial charge < -0.3 is 10.1 Å². The first kappa shape index (κ1) is 18.5. The van der Waals surface area contributed by atoms with Gasteiger partial charge in [0.05, 0.1) is 15.5 Å². The van der Waals surface area contributed by atoms with Gasteiger partial charge in [0, 0.05) is 17.3 Å². The highest BCUT2D eigenvalue weighted by atomic mass is 35.5. The van der Waals surface area contributed by atoms with Crippen LogP contribution in [0.3, 0.4) is 0 Å². The summed E-state index contributed by atoms with van der Waals surface area (Å²) in [5, 5.41) is 13.3. The van der Waals surface area contributed by atoms with Crippen LogP contribution in [0, 0.1) is 17.0 Å². The van der Waals surface area contributed by atoms with Crippen molar-refractivity contribution in [3.05, 3.63) is 62.7 Å². The zero-order valence-corrected chi connectivity index (χ0v) is 13.3. The van der Waals surface area contributed by atoms with Crippen molar-refractivity contribution in [1.29, 1.82) is 0 Å². The van der Waals surface area contributed by atoms with E-state index in [1.807, 2.05) is 0 Å². The summed E-state index contributed by atoms with van der Waals surface area (Å²) in [5.74, 6) is -1.19. The summed E-state index contributed by atoms with van der Waals surface area (Å²) in [5.41, 5.74) is 0.0529. The number of ether oxygens (including phenoxy) is 1. The Labute approximate surface area is 144 Å². The Bertz CT molecular complexity index is 823. The lowest BCUT2D eigenvalue weighted by molar-refractivity contribution is -0.385. The molecule has 2 aromatic rings. The smallest absolute Gasteiger partial charge is 0.406 e. The number of rotatable bonds is 4. The van der Waals surface area contributed by atoms with Crippen LogP contribution in [0.5, 0.6) is 5.75 Å². The molecule has 2 rings (SSSR count). The highest BCUT2D eigenvalue weighted by Gasteiger charge is 2.31. The largest absolute Gasteiger partial charge is 0.573 e. The number of halogens is 4. The van der Waals surface area contributed by atoms with Crippen molar-refractivity contribution >= 4 is 28.9 Å². The molecule has 0 bridgehead atoms. The highest BCUT2D eigenvalue weighted by Crippen LogP contribution is 2.28. The molecular formula is C15H10ClF3N2O4. The van der Waals surface area contributed by atoms with Crippen LogP contribution in [0.2, 0.25) is 5.02 Å². The van der Waals surface area contributed by atoms with Crippen LogP contribution in [0.15, 0.2) is 36.4 Å². The molecule has 1 N–H and O–H groups in total. The predicted molar refractivity (Wildman–Crippen MR) is 83.9 cm³/mol. The monoisotopic (exact) mass is 374 g/mol. The van der Waals surface area contributed by atoms with Gasteiger partial charge >= 0.3 is 6.36 Å². The molecular weight excluding hydrogens is 365 g/mol. The number of hydrogen-bond acceptors (Lipinski definition) is 4. The van der Waals surface area contributed by atoms with E-state index in [9.17, 15) is 28.1 Å². The number of hydrogen-bond donors (Lipinski definition) is 1. The summed E-state index contributed by atoms with van der Waals surface area (Å²) in [6.45, 7) is 1.48. The van der Waals surface area contributed by atoms with Gasteiger partial charge in [0.15, 0.2) is 0 Å². The van der Waals surface area contributed by atoms with Gasteiger partial charge in [-0.15, -0.1) is 13.2 Å². The van der Waals surface area contributed by atoms with Crippen molar-refractivity contribution in [1.82, 2.24) is 0 Å². The lowest BCUT2D eigenvalue weighted by atomic mass is 10.1. The first-order valence-corrected chi connectivity index (χ1v) is 7.06. The van der Waals surface area contributed by atoms with Gasteiger partial charge in [-0.05, 0) is 37.3 Å². The number of nitro benzene ring substituents is 1. The molecule has 0 fully saturated rings. The zero-order valence-electron chi connectivity index (χ0n) is 12.6. The van der Waals surface area contributed by atoms with E-state index in [1.165, 1.54) is 25.1 Å². The lowest BCUT2D eigenvalue weighted by Crippen LogP contribution is -2.17. The van der Waals surface area contributed by atoms with Crippen LogP contribution < -0.4 is 10.1 Å². The first-order chi connectivity index (χ1) is 11.6. The summed E-state index contributed by atoms with van der Waals surface area (Å²) in [4.78, 5) is 22.5. The number of carbonyl (C=O) groups excluding carboxylic acids is 1. The molecule has 0 spiro atoms. The van der Waals surface area contributed by atoms with E-state index in [2.05, 4.69) is 10.1 Å². The van der Waals surface area contributed by atoms with Crippen LogP contribution in [0.4, 0.5) is 24.5 Å². The molecule has 0 atom stereocenters. The number of aryl methyl sites for hydroxylation is 1. The normalized spacial score (nSPS) is 11.1. The van der Waals surface area contributed by atoms with Gasteiger partial charge in [0.1, 0.15) is 5.75 Å². The molecule has 10 heteroatoms. The Kier molecular flexibility index (Phi) is 5.17. The third-order valence-electron chi connectivity index (χ3n) is 3.07. The molecule has 0 heterocycles. The molecule has 0 unspecified atom stereocenters. The number of nitrogens with one attached hydrogen (secondary N) is 1. The molecule has 0 aliphatic rings. The topological polar surface area (TPSA) is 81.5 Å². The second-order valence-corrected chi connectivity index (χ2v) is 5.31. The van der Waals surface area contributed by atoms with Gasteiger partial charge in [-0.2, -0.15) is 0 Å². The number of amides is 1. The molecule has 0 aliphatic heterocycles. The molecule has 0 aromatic heterocycles. The molecule has 0 aliphatic carbocycles. The van der Waals surface area contributed by atoms with Crippen LogP contribution >= 0.6 is 11.6 Å². The summed E-state index contributed by atoms with van der Waals surface area (Å²) < 4.78 is 40.0. The molecule has 6 nitrogen and oxygen atoms in total. The summed E-state index contributed by atoms with van der Waals surface area (Å²) >= 11 is 5.94. The third kappa shape index (κ3) is 4.83. The van der Waals surface area contributed by atoms with E-state index in [4.69, 9.17) is 11.6 Å². The maximum Gasteiger partial charge on any atom is 0.573 e. The van der Waals surface area contributed by atoms with Crippen LogP contribution in [0.25, 0.3) is 0 Å². The SMILES string of the molecule is Cc1cc(Cl)c(C(=O)Nc2ccc(OC(F)(F)F)cc2)cc1[N+](=O)[O-]. The molecule has 132 valence electrons. The Hall–Kier alpha value is -2.81. The summed E-state index contributed by atoms with van der Waals surface area (Å²) in [6.07, 6.45) is -4.82. The van der Waals surface area contributed by atoms with Gasteiger partial charge in [0.2, 0.25) is 0 Å². The fraction of sp³-hybridized carbons (Fsp3) is 0.133. The first-order valence-electron chi connectivity index (χ1n) is 6.68. The van der Waals surface area contributed by atoms with E-state index in [1.54, 1.807) is 0 Å². The van der Waals surface area contributed by atoms with E-state index < -0.39 is 22.9 Å². The zero-order chi connectivity index (χ0) is 18.8.